The predicted molar refractivity (Wildman–Crippen MR) is 78.5 cm³/mol. The van der Waals surface area contributed by atoms with Gasteiger partial charge in [0.15, 0.2) is 9.84 Å². The van der Waals surface area contributed by atoms with E-state index in [0.717, 1.165) is 12.8 Å². The van der Waals surface area contributed by atoms with E-state index in [4.69, 9.17) is 0 Å². The Morgan fingerprint density at radius 3 is 2.81 bits per heavy atom. The van der Waals surface area contributed by atoms with E-state index in [0.29, 0.717) is 19.4 Å². The zero-order valence-corrected chi connectivity index (χ0v) is 13.1. The number of sulfone groups is 1. The van der Waals surface area contributed by atoms with E-state index < -0.39 is 15.9 Å². The van der Waals surface area contributed by atoms with Crippen molar-refractivity contribution in [2.24, 2.45) is 0 Å². The molecule has 2 atom stereocenters. The average Bonchev–Trinajstić information content (AvgIpc) is 2.65. The molecule has 2 saturated heterocycles. The number of likely N-dealkylation sites (N-methyl/N-ethyl adjacent to an activating group) is 1. The van der Waals surface area contributed by atoms with Gasteiger partial charge in [0.25, 0.3) is 0 Å². The highest BCUT2D eigenvalue weighted by Crippen LogP contribution is 2.16. The molecule has 0 aromatic rings. The van der Waals surface area contributed by atoms with Gasteiger partial charge in [-0.1, -0.05) is 0 Å². The third kappa shape index (κ3) is 4.67. The zero-order valence-electron chi connectivity index (χ0n) is 12.3. The lowest BCUT2D eigenvalue weighted by atomic mass is 10.1. The molecule has 0 radical (unpaired) electrons. The van der Waals surface area contributed by atoms with Gasteiger partial charge in [-0.3, -0.25) is 14.5 Å². The standard InChI is InChI=1S/C13H23N3O4S/c1-16(10-5-7-21(19,20)9-10)8-12(17)15-11-4-2-3-6-14-13(11)18/h10-11H,2-9H2,1H3,(H,14,18)(H,15,17). The van der Waals surface area contributed by atoms with Crippen molar-refractivity contribution in [3.05, 3.63) is 0 Å². The molecular weight excluding hydrogens is 294 g/mol. The Morgan fingerprint density at radius 2 is 2.14 bits per heavy atom. The van der Waals surface area contributed by atoms with Gasteiger partial charge in [0, 0.05) is 12.6 Å². The summed E-state index contributed by atoms with van der Waals surface area (Å²) in [7, 11) is -1.21. The number of hydrogen-bond acceptors (Lipinski definition) is 5. The summed E-state index contributed by atoms with van der Waals surface area (Å²) in [5, 5.41) is 5.51. The Labute approximate surface area is 125 Å². The van der Waals surface area contributed by atoms with Crippen LogP contribution in [0.1, 0.15) is 25.7 Å². The fourth-order valence-electron chi connectivity index (χ4n) is 2.80. The summed E-state index contributed by atoms with van der Waals surface area (Å²) in [4.78, 5) is 25.5. The van der Waals surface area contributed by atoms with Gasteiger partial charge in [0.1, 0.15) is 6.04 Å². The van der Waals surface area contributed by atoms with Crippen LogP contribution in [0, 0.1) is 0 Å². The molecule has 2 aliphatic heterocycles. The van der Waals surface area contributed by atoms with Crippen molar-refractivity contribution in [2.45, 2.75) is 37.8 Å². The maximum Gasteiger partial charge on any atom is 0.242 e. The van der Waals surface area contributed by atoms with Crippen LogP contribution in [0.4, 0.5) is 0 Å². The lowest BCUT2D eigenvalue weighted by molar-refractivity contribution is -0.129. The molecule has 2 unspecified atom stereocenters. The molecule has 0 aromatic heterocycles. The molecule has 2 heterocycles. The Kier molecular flexibility index (Phi) is 5.21. The summed E-state index contributed by atoms with van der Waals surface area (Å²) in [6, 6.07) is -0.579. The molecule has 120 valence electrons. The van der Waals surface area contributed by atoms with Crippen LogP contribution in [-0.4, -0.2) is 68.9 Å². The number of amides is 2. The minimum Gasteiger partial charge on any atom is -0.354 e. The van der Waals surface area contributed by atoms with Crippen LogP contribution in [0.15, 0.2) is 0 Å². The molecule has 2 rings (SSSR count). The molecule has 2 N–H and O–H groups in total. The van der Waals surface area contributed by atoms with Gasteiger partial charge >= 0.3 is 0 Å². The van der Waals surface area contributed by atoms with Crippen molar-refractivity contribution in [2.75, 3.05) is 31.6 Å². The lowest BCUT2D eigenvalue weighted by Gasteiger charge is -2.23. The fourth-order valence-corrected chi connectivity index (χ4v) is 4.60. The van der Waals surface area contributed by atoms with E-state index in [1.54, 1.807) is 11.9 Å². The molecule has 2 amide bonds. The molecule has 0 saturated carbocycles. The second-order valence-corrected chi connectivity index (χ2v) is 8.11. The van der Waals surface area contributed by atoms with Crippen LogP contribution in [0.5, 0.6) is 0 Å². The van der Waals surface area contributed by atoms with Crippen LogP contribution in [0.2, 0.25) is 0 Å². The second-order valence-electron chi connectivity index (χ2n) is 5.88. The van der Waals surface area contributed by atoms with Crippen molar-refractivity contribution in [1.82, 2.24) is 15.5 Å². The summed E-state index contributed by atoms with van der Waals surface area (Å²) in [6.07, 6.45) is 3.05. The van der Waals surface area contributed by atoms with Gasteiger partial charge in [0.2, 0.25) is 11.8 Å². The second kappa shape index (κ2) is 6.74. The van der Waals surface area contributed by atoms with E-state index in [9.17, 15) is 18.0 Å². The number of rotatable bonds is 4. The van der Waals surface area contributed by atoms with Crippen LogP contribution >= 0.6 is 0 Å². The maximum absolute atomic E-state index is 12.0. The first-order valence-corrected chi connectivity index (χ1v) is 9.17. The Balaban J connectivity index is 1.82. The number of nitrogens with one attached hydrogen (secondary N) is 2. The number of hydrogen-bond donors (Lipinski definition) is 2. The minimum absolute atomic E-state index is 0.108. The molecule has 0 bridgehead atoms. The number of nitrogens with zero attached hydrogens (tertiary/aromatic N) is 1. The largest absolute Gasteiger partial charge is 0.354 e. The first-order valence-electron chi connectivity index (χ1n) is 7.35. The van der Waals surface area contributed by atoms with Crippen molar-refractivity contribution in [3.63, 3.8) is 0 Å². The highest BCUT2D eigenvalue weighted by molar-refractivity contribution is 7.91. The predicted octanol–water partition coefficient (Wildman–Crippen LogP) is -1.11. The molecule has 0 aliphatic carbocycles. The van der Waals surface area contributed by atoms with E-state index in [2.05, 4.69) is 10.6 Å². The van der Waals surface area contributed by atoms with Gasteiger partial charge in [-0.25, -0.2) is 8.42 Å². The van der Waals surface area contributed by atoms with Crippen molar-refractivity contribution >= 4 is 21.7 Å². The number of carbonyl (C=O) groups excluding carboxylic acids is 2. The van der Waals surface area contributed by atoms with E-state index in [1.807, 2.05) is 0 Å². The van der Waals surface area contributed by atoms with Gasteiger partial charge < -0.3 is 10.6 Å². The van der Waals surface area contributed by atoms with Crippen LogP contribution in [-0.2, 0) is 19.4 Å². The molecule has 7 nitrogen and oxygen atoms in total. The van der Waals surface area contributed by atoms with Gasteiger partial charge in [-0.15, -0.1) is 0 Å². The molecule has 0 spiro atoms. The minimum atomic E-state index is -2.95. The normalized spacial score (nSPS) is 29.0. The van der Waals surface area contributed by atoms with Gasteiger partial charge in [-0.2, -0.15) is 0 Å². The SMILES string of the molecule is CN(CC(=O)NC1CCCCNC1=O)C1CCS(=O)(=O)C1. The monoisotopic (exact) mass is 317 g/mol. The lowest BCUT2D eigenvalue weighted by Crippen LogP contribution is -2.49. The Hall–Kier alpha value is -1.15. The maximum atomic E-state index is 12.0. The molecule has 8 heteroatoms. The van der Waals surface area contributed by atoms with Crippen LogP contribution < -0.4 is 10.6 Å². The average molecular weight is 317 g/mol. The van der Waals surface area contributed by atoms with E-state index in [-0.39, 0.29) is 35.9 Å². The quantitative estimate of drug-likeness (QED) is 0.685. The molecule has 0 aromatic carbocycles. The molecule has 2 fully saturated rings. The van der Waals surface area contributed by atoms with Crippen LogP contribution in [0.3, 0.4) is 0 Å². The Morgan fingerprint density at radius 1 is 1.38 bits per heavy atom. The third-order valence-electron chi connectivity index (χ3n) is 4.10. The van der Waals surface area contributed by atoms with Crippen LogP contribution in [0.25, 0.3) is 0 Å². The zero-order chi connectivity index (χ0) is 15.5. The van der Waals surface area contributed by atoms with Gasteiger partial charge in [-0.05, 0) is 32.7 Å². The van der Waals surface area contributed by atoms with Crippen molar-refractivity contribution < 1.29 is 18.0 Å². The van der Waals surface area contributed by atoms with Crippen molar-refractivity contribution in [3.8, 4) is 0 Å². The summed E-state index contributed by atoms with van der Waals surface area (Å²) in [5.74, 6) is -0.0641. The topological polar surface area (TPSA) is 95.6 Å². The van der Waals surface area contributed by atoms with E-state index >= 15 is 0 Å². The molecule has 21 heavy (non-hydrogen) atoms. The smallest absolute Gasteiger partial charge is 0.242 e. The number of carbonyl (C=O) groups is 2. The van der Waals surface area contributed by atoms with E-state index in [1.165, 1.54) is 0 Å². The first kappa shape index (κ1) is 16.2. The first-order chi connectivity index (χ1) is 9.87. The van der Waals surface area contributed by atoms with Gasteiger partial charge in [0.05, 0.1) is 18.1 Å². The summed E-state index contributed by atoms with van der Waals surface area (Å²) >= 11 is 0. The summed E-state index contributed by atoms with van der Waals surface area (Å²) in [5.41, 5.74) is 0. The molecular formula is C13H23N3O4S. The Bertz CT molecular complexity index is 506. The fraction of sp³-hybridized carbons (Fsp3) is 0.846. The highest BCUT2D eigenvalue weighted by atomic mass is 32.2. The highest BCUT2D eigenvalue weighted by Gasteiger charge is 2.31. The summed E-state index contributed by atoms with van der Waals surface area (Å²) in [6.45, 7) is 0.773. The molecule has 2 aliphatic rings. The summed E-state index contributed by atoms with van der Waals surface area (Å²) < 4.78 is 22.9. The van der Waals surface area contributed by atoms with Crippen molar-refractivity contribution in [1.29, 1.82) is 0 Å². The third-order valence-corrected chi connectivity index (χ3v) is 5.85.